The molecule has 1 aliphatic rings. The Kier molecular flexibility index (Phi) is 8.37. The number of unbranched alkanes of at least 4 members (excludes halogenated alkanes) is 6. The number of allylic oxidation sites excluding steroid dienone is 1. The average molecular weight is 341 g/mol. The largest absolute Gasteiger partial charge is 0.465 e. The summed E-state index contributed by atoms with van der Waals surface area (Å²) in [7, 11) is 0. The molecule has 1 saturated heterocycles. The summed E-state index contributed by atoms with van der Waals surface area (Å²) in [4.78, 5) is 34.4. The molecule has 23 heavy (non-hydrogen) atoms. The highest BCUT2D eigenvalue weighted by Crippen LogP contribution is 2.24. The topological polar surface area (TPSA) is 72.5 Å². The van der Waals surface area contributed by atoms with Gasteiger partial charge in [0.1, 0.15) is 0 Å². The number of carbonyl (C=O) groups excluding carboxylic acids is 3. The standard InChI is InChI=1S/C17H27NO4S/c1-17(2,3)15(20)22-12-10-8-6-4-5-7-9-11-13-14(19)18-16(21)23-13/h11H,4-10,12H2,1-3H3,(H,18,19,21)/b13-11-. The first kappa shape index (κ1) is 19.7. The smallest absolute Gasteiger partial charge is 0.311 e. The van der Waals surface area contributed by atoms with Crippen LogP contribution in [0.1, 0.15) is 65.7 Å². The summed E-state index contributed by atoms with van der Waals surface area (Å²) in [5, 5.41) is 1.96. The molecule has 2 amide bonds. The van der Waals surface area contributed by atoms with Gasteiger partial charge in [0.25, 0.3) is 11.1 Å². The van der Waals surface area contributed by atoms with E-state index in [4.69, 9.17) is 4.74 Å². The van der Waals surface area contributed by atoms with E-state index in [1.807, 2.05) is 26.8 Å². The lowest BCUT2D eigenvalue weighted by atomic mass is 9.97. The van der Waals surface area contributed by atoms with Crippen molar-refractivity contribution in [2.75, 3.05) is 6.61 Å². The van der Waals surface area contributed by atoms with Gasteiger partial charge in [-0.05, 0) is 51.8 Å². The van der Waals surface area contributed by atoms with Crippen molar-refractivity contribution < 1.29 is 19.1 Å². The van der Waals surface area contributed by atoms with Crippen LogP contribution in [0.3, 0.4) is 0 Å². The van der Waals surface area contributed by atoms with Crippen molar-refractivity contribution in [3.63, 3.8) is 0 Å². The second-order valence-electron chi connectivity index (χ2n) is 6.71. The minimum Gasteiger partial charge on any atom is -0.465 e. The SMILES string of the molecule is CC(C)(C)C(=O)OCCCCCCCC/C=C1\SC(=O)NC1=O. The van der Waals surface area contributed by atoms with Crippen LogP contribution < -0.4 is 5.32 Å². The molecule has 0 aromatic heterocycles. The molecule has 0 atom stereocenters. The number of imide groups is 1. The lowest BCUT2D eigenvalue weighted by Crippen LogP contribution is -2.23. The fraction of sp³-hybridized carbons (Fsp3) is 0.706. The molecule has 5 nitrogen and oxygen atoms in total. The maximum Gasteiger partial charge on any atom is 0.311 e. The van der Waals surface area contributed by atoms with Gasteiger partial charge in [0.15, 0.2) is 0 Å². The monoisotopic (exact) mass is 341 g/mol. The second-order valence-corrected chi connectivity index (χ2v) is 7.72. The number of ether oxygens (including phenoxy) is 1. The van der Waals surface area contributed by atoms with Crippen LogP contribution in [0, 0.1) is 5.41 Å². The Hall–Kier alpha value is -1.30. The lowest BCUT2D eigenvalue weighted by Gasteiger charge is -2.16. The summed E-state index contributed by atoms with van der Waals surface area (Å²) in [6, 6.07) is 0. The van der Waals surface area contributed by atoms with E-state index in [2.05, 4.69) is 5.32 Å². The molecule has 6 heteroatoms. The first-order valence-corrected chi connectivity index (χ1v) is 9.03. The van der Waals surface area contributed by atoms with E-state index in [1.165, 1.54) is 0 Å². The van der Waals surface area contributed by atoms with Gasteiger partial charge in [0.05, 0.1) is 16.9 Å². The van der Waals surface area contributed by atoms with Crippen molar-refractivity contribution in [1.29, 1.82) is 0 Å². The molecule has 1 fully saturated rings. The molecule has 0 radical (unpaired) electrons. The van der Waals surface area contributed by atoms with Gasteiger partial charge >= 0.3 is 5.97 Å². The minimum absolute atomic E-state index is 0.141. The van der Waals surface area contributed by atoms with Crippen LogP contribution in [0.15, 0.2) is 11.0 Å². The predicted molar refractivity (Wildman–Crippen MR) is 91.9 cm³/mol. The molecule has 0 spiro atoms. The molecule has 0 aliphatic carbocycles. The molecule has 130 valence electrons. The number of hydrogen-bond donors (Lipinski definition) is 1. The predicted octanol–water partition coefficient (Wildman–Crippen LogP) is 4.17. The van der Waals surface area contributed by atoms with Crippen LogP contribution in [0.25, 0.3) is 0 Å². The van der Waals surface area contributed by atoms with Gasteiger partial charge in [-0.25, -0.2) is 0 Å². The number of esters is 1. The van der Waals surface area contributed by atoms with Gasteiger partial charge in [-0.2, -0.15) is 0 Å². The fourth-order valence-corrected chi connectivity index (χ4v) is 2.72. The molecule has 1 aliphatic heterocycles. The van der Waals surface area contributed by atoms with Crippen molar-refractivity contribution in [1.82, 2.24) is 5.32 Å². The maximum absolute atomic E-state index is 11.5. The molecular weight excluding hydrogens is 314 g/mol. The van der Waals surface area contributed by atoms with Crippen molar-refractivity contribution >= 4 is 28.9 Å². The summed E-state index contributed by atoms with van der Waals surface area (Å²) >= 11 is 0.975. The zero-order chi connectivity index (χ0) is 17.3. The van der Waals surface area contributed by atoms with Crippen molar-refractivity contribution in [2.45, 2.75) is 65.7 Å². The first-order chi connectivity index (χ1) is 10.8. The van der Waals surface area contributed by atoms with Gasteiger partial charge in [-0.1, -0.05) is 31.8 Å². The third-order valence-electron chi connectivity index (χ3n) is 3.42. The quantitative estimate of drug-likeness (QED) is 0.387. The van der Waals surface area contributed by atoms with Gasteiger partial charge in [0.2, 0.25) is 0 Å². The Labute approximate surface area is 142 Å². The van der Waals surface area contributed by atoms with Crippen LogP contribution in [-0.4, -0.2) is 23.7 Å². The Morgan fingerprint density at radius 1 is 1.09 bits per heavy atom. The van der Waals surface area contributed by atoms with E-state index in [9.17, 15) is 14.4 Å². The van der Waals surface area contributed by atoms with E-state index in [-0.39, 0.29) is 17.1 Å². The van der Waals surface area contributed by atoms with Crippen molar-refractivity contribution in [3.05, 3.63) is 11.0 Å². The van der Waals surface area contributed by atoms with Gasteiger partial charge in [-0.15, -0.1) is 0 Å². The van der Waals surface area contributed by atoms with Crippen LogP contribution in [-0.2, 0) is 14.3 Å². The number of amides is 2. The summed E-state index contributed by atoms with van der Waals surface area (Å²) in [5.41, 5.74) is -0.423. The highest BCUT2D eigenvalue weighted by molar-refractivity contribution is 8.18. The molecule has 0 aromatic rings. The average Bonchev–Trinajstić information content (AvgIpc) is 2.77. The summed E-state index contributed by atoms with van der Waals surface area (Å²) in [6.45, 7) is 6.07. The zero-order valence-electron chi connectivity index (χ0n) is 14.3. The highest BCUT2D eigenvalue weighted by Gasteiger charge is 2.24. The van der Waals surface area contributed by atoms with Crippen LogP contribution >= 0.6 is 11.8 Å². The molecule has 0 aromatic carbocycles. The molecule has 0 unspecified atom stereocenters. The zero-order valence-corrected chi connectivity index (χ0v) is 15.1. The number of hydrogen-bond acceptors (Lipinski definition) is 5. The molecule has 1 rings (SSSR count). The number of nitrogens with one attached hydrogen (secondary N) is 1. The summed E-state index contributed by atoms with van der Waals surface area (Å²) < 4.78 is 5.21. The number of thioether (sulfide) groups is 1. The maximum atomic E-state index is 11.5. The lowest BCUT2D eigenvalue weighted by molar-refractivity contribution is -0.153. The van der Waals surface area contributed by atoms with Gasteiger partial charge < -0.3 is 4.74 Å². The van der Waals surface area contributed by atoms with Crippen LogP contribution in [0.2, 0.25) is 0 Å². The first-order valence-electron chi connectivity index (χ1n) is 8.21. The summed E-state index contributed by atoms with van der Waals surface area (Å²) in [6.07, 6.45) is 9.02. The van der Waals surface area contributed by atoms with E-state index < -0.39 is 5.41 Å². The number of rotatable bonds is 9. The van der Waals surface area contributed by atoms with Crippen LogP contribution in [0.4, 0.5) is 4.79 Å². The van der Waals surface area contributed by atoms with E-state index in [0.717, 1.165) is 56.7 Å². The van der Waals surface area contributed by atoms with Gasteiger partial charge in [-0.3, -0.25) is 19.7 Å². The Balaban J connectivity index is 1.94. The van der Waals surface area contributed by atoms with Crippen molar-refractivity contribution in [3.8, 4) is 0 Å². The normalized spacial score (nSPS) is 16.7. The molecule has 0 saturated carbocycles. The second kappa shape index (κ2) is 9.75. The van der Waals surface area contributed by atoms with E-state index in [1.54, 1.807) is 0 Å². The third kappa shape index (κ3) is 8.21. The van der Waals surface area contributed by atoms with Gasteiger partial charge in [0, 0.05) is 0 Å². The Bertz CT molecular complexity index is 466. The summed E-state index contributed by atoms with van der Waals surface area (Å²) in [5.74, 6) is -0.414. The molecule has 1 N–H and O–H groups in total. The molecule has 1 heterocycles. The number of carbonyl (C=O) groups is 3. The third-order valence-corrected chi connectivity index (χ3v) is 4.28. The fourth-order valence-electron chi connectivity index (χ4n) is 2.03. The Morgan fingerprint density at radius 2 is 1.70 bits per heavy atom. The van der Waals surface area contributed by atoms with E-state index in [0.29, 0.717) is 11.5 Å². The molecular formula is C17H27NO4S. The van der Waals surface area contributed by atoms with Crippen molar-refractivity contribution in [2.24, 2.45) is 5.41 Å². The molecule has 0 bridgehead atoms. The Morgan fingerprint density at radius 3 is 2.26 bits per heavy atom. The minimum atomic E-state index is -0.423. The highest BCUT2D eigenvalue weighted by atomic mass is 32.2. The van der Waals surface area contributed by atoms with Crippen LogP contribution in [0.5, 0.6) is 0 Å². The van der Waals surface area contributed by atoms with E-state index >= 15 is 0 Å².